The van der Waals surface area contributed by atoms with Crippen LogP contribution >= 0.6 is 11.3 Å². The van der Waals surface area contributed by atoms with Crippen molar-refractivity contribution in [3.8, 4) is 0 Å². The molecule has 11 heteroatoms. The standard InChI is InChI=1S/C26H41N5O4S2/c1-17-9-18(2)12-29(11-17)8-6-7-27-22(32)15-30-16-28-25-23(26(30)33)24(21(5)36-25)37(34,35)31-13-19(3)10-20(4)14-31/h16-20H,6-15H2,1-5H3,(H,27,32)/t17-,18+,19-,20-/m1/s1. The lowest BCUT2D eigenvalue weighted by molar-refractivity contribution is -0.121. The van der Waals surface area contributed by atoms with Crippen molar-refractivity contribution in [3.05, 3.63) is 21.6 Å². The number of piperidine rings is 2. The van der Waals surface area contributed by atoms with E-state index in [0.717, 1.165) is 32.5 Å². The van der Waals surface area contributed by atoms with Gasteiger partial charge in [-0.3, -0.25) is 14.2 Å². The van der Waals surface area contributed by atoms with Gasteiger partial charge in [-0.05, 0) is 56.4 Å². The number of fused-ring (bicyclic) bond motifs is 1. The van der Waals surface area contributed by atoms with E-state index in [1.165, 1.54) is 33.0 Å². The van der Waals surface area contributed by atoms with E-state index in [1.807, 2.05) is 0 Å². The van der Waals surface area contributed by atoms with Gasteiger partial charge in [0.2, 0.25) is 15.9 Å². The first-order chi connectivity index (χ1) is 17.5. The average Bonchev–Trinajstić information content (AvgIpc) is 3.15. The van der Waals surface area contributed by atoms with Crippen molar-refractivity contribution < 1.29 is 13.2 Å². The molecule has 206 valence electrons. The number of nitrogens with zero attached hydrogens (tertiary/aromatic N) is 4. The predicted octanol–water partition coefficient (Wildman–Crippen LogP) is 2.92. The van der Waals surface area contributed by atoms with E-state index >= 15 is 0 Å². The minimum Gasteiger partial charge on any atom is -0.354 e. The second-order valence-corrected chi connectivity index (χ2v) is 14.6. The lowest BCUT2D eigenvalue weighted by atomic mass is 9.92. The highest BCUT2D eigenvalue weighted by Gasteiger charge is 2.36. The van der Waals surface area contributed by atoms with Crippen molar-refractivity contribution >= 4 is 37.5 Å². The van der Waals surface area contributed by atoms with Crippen LogP contribution in [0.4, 0.5) is 0 Å². The van der Waals surface area contributed by atoms with E-state index in [-0.39, 0.29) is 34.6 Å². The number of sulfonamides is 1. The number of thiophene rings is 1. The molecule has 2 aliphatic heterocycles. The van der Waals surface area contributed by atoms with Crippen LogP contribution < -0.4 is 10.9 Å². The Morgan fingerprint density at radius 2 is 1.65 bits per heavy atom. The van der Waals surface area contributed by atoms with Crippen LogP contribution in [0, 0.1) is 30.6 Å². The molecule has 4 atom stereocenters. The molecule has 2 aliphatic rings. The molecule has 1 amide bonds. The van der Waals surface area contributed by atoms with E-state index in [4.69, 9.17) is 0 Å². The first-order valence-corrected chi connectivity index (χ1v) is 15.7. The van der Waals surface area contributed by atoms with Crippen molar-refractivity contribution in [2.24, 2.45) is 23.7 Å². The van der Waals surface area contributed by atoms with Crippen LogP contribution in [-0.2, 0) is 21.4 Å². The largest absolute Gasteiger partial charge is 0.354 e. The summed E-state index contributed by atoms with van der Waals surface area (Å²) in [4.78, 5) is 33.8. The molecule has 0 aromatic carbocycles. The van der Waals surface area contributed by atoms with E-state index < -0.39 is 15.6 Å². The third-order valence-electron chi connectivity index (χ3n) is 7.46. The molecule has 2 aromatic rings. The summed E-state index contributed by atoms with van der Waals surface area (Å²) in [6, 6.07) is 0. The van der Waals surface area contributed by atoms with E-state index in [9.17, 15) is 18.0 Å². The molecule has 1 N–H and O–H groups in total. The summed E-state index contributed by atoms with van der Waals surface area (Å²) >= 11 is 1.21. The number of amides is 1. The summed E-state index contributed by atoms with van der Waals surface area (Å²) in [5, 5.41) is 3.00. The number of nitrogens with one attached hydrogen (secondary N) is 1. The van der Waals surface area contributed by atoms with Crippen molar-refractivity contribution in [2.45, 2.75) is 65.3 Å². The molecule has 4 rings (SSSR count). The summed E-state index contributed by atoms with van der Waals surface area (Å²) < 4.78 is 30.1. The third-order valence-corrected chi connectivity index (χ3v) is 10.6. The lowest BCUT2D eigenvalue weighted by Gasteiger charge is -2.34. The molecule has 0 radical (unpaired) electrons. The van der Waals surface area contributed by atoms with Gasteiger partial charge in [0.15, 0.2) is 0 Å². The monoisotopic (exact) mass is 551 g/mol. The van der Waals surface area contributed by atoms with Crippen LogP contribution in [0.3, 0.4) is 0 Å². The molecule has 4 heterocycles. The zero-order valence-electron chi connectivity index (χ0n) is 22.7. The van der Waals surface area contributed by atoms with Crippen molar-refractivity contribution in [1.82, 2.24) is 24.1 Å². The Morgan fingerprint density at radius 3 is 2.27 bits per heavy atom. The Kier molecular flexibility index (Phi) is 8.77. The maximum atomic E-state index is 13.7. The summed E-state index contributed by atoms with van der Waals surface area (Å²) in [6.07, 6.45) is 4.44. The van der Waals surface area contributed by atoms with Gasteiger partial charge in [-0.1, -0.05) is 27.7 Å². The SMILES string of the molecule is Cc1sc2ncn(CC(=O)NCCCN3C[C@H](C)C[C@H](C)C3)c(=O)c2c1S(=O)(=O)N1C[C@H](C)C[C@@H](C)C1. The van der Waals surface area contributed by atoms with Gasteiger partial charge in [0, 0.05) is 37.6 Å². The summed E-state index contributed by atoms with van der Waals surface area (Å²) in [7, 11) is -3.86. The predicted molar refractivity (Wildman–Crippen MR) is 147 cm³/mol. The van der Waals surface area contributed by atoms with Gasteiger partial charge in [-0.25, -0.2) is 13.4 Å². The van der Waals surface area contributed by atoms with Crippen LogP contribution in [0.25, 0.3) is 10.2 Å². The fourth-order valence-electron chi connectivity index (χ4n) is 6.18. The quantitative estimate of drug-likeness (QED) is 0.506. The lowest BCUT2D eigenvalue weighted by Crippen LogP contribution is -2.43. The molecule has 0 unspecified atom stereocenters. The Labute approximate surface area is 224 Å². The third kappa shape index (κ3) is 6.43. The molecular formula is C26H41N5O4S2. The summed E-state index contributed by atoms with van der Waals surface area (Å²) in [6.45, 7) is 14.7. The number of aryl methyl sites for hydroxylation is 1. The smallest absolute Gasteiger partial charge is 0.263 e. The Balaban J connectivity index is 1.45. The Hall–Kier alpha value is -1.82. The first kappa shape index (κ1) is 28.2. The highest BCUT2D eigenvalue weighted by atomic mass is 32.2. The fraction of sp³-hybridized carbons (Fsp3) is 0.731. The topological polar surface area (TPSA) is 105 Å². The van der Waals surface area contributed by atoms with Crippen molar-refractivity contribution in [1.29, 1.82) is 0 Å². The number of rotatable bonds is 8. The molecule has 2 aromatic heterocycles. The van der Waals surface area contributed by atoms with E-state index in [2.05, 4.69) is 42.9 Å². The molecule has 0 aliphatic carbocycles. The molecule has 2 fully saturated rings. The van der Waals surface area contributed by atoms with Gasteiger partial charge in [-0.2, -0.15) is 4.31 Å². The Morgan fingerprint density at radius 1 is 1.05 bits per heavy atom. The zero-order chi connectivity index (χ0) is 26.9. The minimum absolute atomic E-state index is 0.0473. The van der Waals surface area contributed by atoms with Crippen LogP contribution in [0.1, 0.15) is 51.8 Å². The number of carbonyl (C=O) groups is 1. The maximum Gasteiger partial charge on any atom is 0.263 e. The molecular weight excluding hydrogens is 510 g/mol. The average molecular weight is 552 g/mol. The highest BCUT2D eigenvalue weighted by molar-refractivity contribution is 7.89. The van der Waals surface area contributed by atoms with Gasteiger partial charge in [0.05, 0.1) is 11.7 Å². The maximum absolute atomic E-state index is 13.7. The van der Waals surface area contributed by atoms with Crippen LogP contribution in [0.5, 0.6) is 0 Å². The number of hydrogen-bond donors (Lipinski definition) is 1. The number of carbonyl (C=O) groups excluding carboxylic acids is 1. The minimum atomic E-state index is -3.86. The molecule has 9 nitrogen and oxygen atoms in total. The zero-order valence-corrected chi connectivity index (χ0v) is 24.3. The molecule has 37 heavy (non-hydrogen) atoms. The first-order valence-electron chi connectivity index (χ1n) is 13.4. The van der Waals surface area contributed by atoms with Crippen molar-refractivity contribution in [2.75, 3.05) is 39.3 Å². The number of aromatic nitrogens is 2. The fourth-order valence-corrected chi connectivity index (χ4v) is 9.53. The molecule has 0 saturated carbocycles. The van der Waals surface area contributed by atoms with Gasteiger partial charge in [0.25, 0.3) is 5.56 Å². The van der Waals surface area contributed by atoms with Gasteiger partial charge in [0.1, 0.15) is 16.3 Å². The normalized spacial score (nSPS) is 26.0. The highest BCUT2D eigenvalue weighted by Crippen LogP contribution is 2.35. The second kappa shape index (κ2) is 11.5. The van der Waals surface area contributed by atoms with Gasteiger partial charge >= 0.3 is 0 Å². The molecule has 0 bridgehead atoms. The number of likely N-dealkylation sites (tertiary alicyclic amines) is 1. The second-order valence-electron chi connectivity index (χ2n) is 11.5. The number of hydrogen-bond acceptors (Lipinski definition) is 7. The van der Waals surface area contributed by atoms with E-state index in [0.29, 0.717) is 41.2 Å². The van der Waals surface area contributed by atoms with Crippen LogP contribution in [-0.4, -0.2) is 72.3 Å². The summed E-state index contributed by atoms with van der Waals surface area (Å²) in [5.74, 6) is 1.62. The molecule has 0 spiro atoms. The summed E-state index contributed by atoms with van der Waals surface area (Å²) in [5.41, 5.74) is -0.488. The van der Waals surface area contributed by atoms with Crippen molar-refractivity contribution in [3.63, 3.8) is 0 Å². The van der Waals surface area contributed by atoms with Gasteiger partial charge in [-0.15, -0.1) is 11.3 Å². The molecule has 2 saturated heterocycles. The van der Waals surface area contributed by atoms with Gasteiger partial charge < -0.3 is 10.2 Å². The van der Waals surface area contributed by atoms with E-state index in [1.54, 1.807) is 6.92 Å². The van der Waals surface area contributed by atoms with Crippen LogP contribution in [0.2, 0.25) is 0 Å². The Bertz CT molecular complexity index is 1270. The van der Waals surface area contributed by atoms with Crippen LogP contribution in [0.15, 0.2) is 16.0 Å².